The molecule has 0 radical (unpaired) electrons. The van der Waals surface area contributed by atoms with Gasteiger partial charge in [0.05, 0.1) is 13.2 Å². The van der Waals surface area contributed by atoms with Gasteiger partial charge in [0.15, 0.2) is 0 Å². The number of para-hydroxylation sites is 1. The minimum atomic E-state index is -0.164. The molecule has 6 heteroatoms. The van der Waals surface area contributed by atoms with Gasteiger partial charge in [0.1, 0.15) is 5.75 Å². The van der Waals surface area contributed by atoms with E-state index < -0.39 is 0 Å². The maximum atomic E-state index is 12.7. The van der Waals surface area contributed by atoms with Crippen molar-refractivity contribution in [2.24, 2.45) is 0 Å². The molecular formula is C22H27N3O3. The SMILES string of the molecule is COc1ccccc1C(CNC(=O)c1cccc(NC(C)=O)c1)N1CCCC1. The molecule has 0 bridgehead atoms. The number of benzene rings is 2. The van der Waals surface area contributed by atoms with Crippen molar-refractivity contribution in [1.29, 1.82) is 0 Å². The summed E-state index contributed by atoms with van der Waals surface area (Å²) in [6.07, 6.45) is 2.33. The maximum Gasteiger partial charge on any atom is 0.251 e. The smallest absolute Gasteiger partial charge is 0.251 e. The number of ether oxygens (including phenoxy) is 1. The highest BCUT2D eigenvalue weighted by molar-refractivity contribution is 5.96. The van der Waals surface area contributed by atoms with Gasteiger partial charge in [0, 0.05) is 30.3 Å². The van der Waals surface area contributed by atoms with Gasteiger partial charge in [-0.25, -0.2) is 0 Å². The Kier molecular flexibility index (Phi) is 6.66. The summed E-state index contributed by atoms with van der Waals surface area (Å²) in [6.45, 7) is 3.96. The predicted octanol–water partition coefficient (Wildman–Crippen LogP) is 3.22. The summed E-state index contributed by atoms with van der Waals surface area (Å²) in [6, 6.07) is 15.0. The Morgan fingerprint density at radius 1 is 1.11 bits per heavy atom. The molecule has 0 saturated carbocycles. The maximum absolute atomic E-state index is 12.7. The summed E-state index contributed by atoms with van der Waals surface area (Å²) >= 11 is 0. The van der Waals surface area contributed by atoms with Gasteiger partial charge in [-0.15, -0.1) is 0 Å². The van der Waals surface area contributed by atoms with Crippen molar-refractivity contribution in [2.75, 3.05) is 32.1 Å². The van der Waals surface area contributed by atoms with Crippen molar-refractivity contribution >= 4 is 17.5 Å². The van der Waals surface area contributed by atoms with Gasteiger partial charge in [-0.05, 0) is 50.2 Å². The summed E-state index contributed by atoms with van der Waals surface area (Å²) in [7, 11) is 1.67. The van der Waals surface area contributed by atoms with Crippen molar-refractivity contribution in [2.45, 2.75) is 25.8 Å². The standard InChI is InChI=1S/C22H27N3O3/c1-16(26)24-18-9-7-8-17(14-18)22(27)23-15-20(25-12-5-6-13-25)19-10-3-4-11-21(19)28-2/h3-4,7-11,14,20H,5-6,12-13,15H2,1-2H3,(H,23,27)(H,24,26). The average Bonchev–Trinajstić information content (AvgIpc) is 3.22. The van der Waals surface area contributed by atoms with Gasteiger partial charge in [0.2, 0.25) is 5.91 Å². The van der Waals surface area contributed by atoms with E-state index >= 15 is 0 Å². The van der Waals surface area contributed by atoms with E-state index in [1.54, 1.807) is 31.4 Å². The topological polar surface area (TPSA) is 70.7 Å². The Balaban J connectivity index is 1.75. The van der Waals surface area contributed by atoms with Crippen LogP contribution in [-0.4, -0.2) is 43.5 Å². The first-order chi connectivity index (χ1) is 13.6. The average molecular weight is 381 g/mol. The monoisotopic (exact) mass is 381 g/mol. The van der Waals surface area contributed by atoms with E-state index in [4.69, 9.17) is 4.74 Å². The fourth-order valence-electron chi connectivity index (χ4n) is 3.66. The van der Waals surface area contributed by atoms with Crippen LogP contribution in [-0.2, 0) is 4.79 Å². The van der Waals surface area contributed by atoms with E-state index in [-0.39, 0.29) is 17.9 Å². The molecule has 0 spiro atoms. The zero-order chi connectivity index (χ0) is 19.9. The number of likely N-dealkylation sites (tertiary alicyclic amines) is 1. The predicted molar refractivity (Wildman–Crippen MR) is 110 cm³/mol. The van der Waals surface area contributed by atoms with Crippen LogP contribution in [0.2, 0.25) is 0 Å². The van der Waals surface area contributed by atoms with E-state index in [2.05, 4.69) is 21.6 Å². The Labute approximate surface area is 165 Å². The quantitative estimate of drug-likeness (QED) is 0.773. The molecule has 6 nitrogen and oxygen atoms in total. The van der Waals surface area contributed by atoms with Gasteiger partial charge in [-0.3, -0.25) is 14.5 Å². The van der Waals surface area contributed by atoms with Crippen molar-refractivity contribution in [1.82, 2.24) is 10.2 Å². The summed E-state index contributed by atoms with van der Waals surface area (Å²) in [4.78, 5) is 26.4. The molecule has 1 unspecified atom stereocenters. The molecule has 2 N–H and O–H groups in total. The Morgan fingerprint density at radius 3 is 2.57 bits per heavy atom. The molecule has 1 aliphatic rings. The highest BCUT2D eigenvalue weighted by Gasteiger charge is 2.26. The number of carbonyl (C=O) groups is 2. The number of hydrogen-bond donors (Lipinski definition) is 2. The molecule has 0 aliphatic carbocycles. The molecule has 3 rings (SSSR count). The normalized spacial score (nSPS) is 15.1. The third kappa shape index (κ3) is 4.89. The van der Waals surface area contributed by atoms with Crippen LogP contribution < -0.4 is 15.4 Å². The molecule has 2 aromatic carbocycles. The number of amides is 2. The highest BCUT2D eigenvalue weighted by Crippen LogP contribution is 2.31. The number of methoxy groups -OCH3 is 1. The molecule has 1 fully saturated rings. The van der Waals surface area contributed by atoms with E-state index in [1.807, 2.05) is 18.2 Å². The molecule has 28 heavy (non-hydrogen) atoms. The first-order valence-electron chi connectivity index (χ1n) is 9.61. The van der Waals surface area contributed by atoms with Gasteiger partial charge < -0.3 is 15.4 Å². The van der Waals surface area contributed by atoms with Crippen LogP contribution in [0.3, 0.4) is 0 Å². The lowest BCUT2D eigenvalue weighted by Gasteiger charge is -2.29. The van der Waals surface area contributed by atoms with Gasteiger partial charge in [-0.1, -0.05) is 24.3 Å². The van der Waals surface area contributed by atoms with E-state index in [1.165, 1.54) is 19.8 Å². The number of rotatable bonds is 7. The van der Waals surface area contributed by atoms with Gasteiger partial charge in [-0.2, -0.15) is 0 Å². The number of hydrogen-bond acceptors (Lipinski definition) is 4. The molecule has 0 aromatic heterocycles. The Hall–Kier alpha value is -2.86. The van der Waals surface area contributed by atoms with Gasteiger partial charge in [0.25, 0.3) is 5.91 Å². The van der Waals surface area contributed by atoms with Crippen LogP contribution in [0.1, 0.15) is 41.7 Å². The van der Waals surface area contributed by atoms with Crippen molar-refractivity contribution < 1.29 is 14.3 Å². The molecule has 2 aromatic rings. The summed E-state index contributed by atoms with van der Waals surface area (Å²) in [5, 5.41) is 5.76. The second-order valence-corrected chi connectivity index (χ2v) is 6.97. The molecule has 1 saturated heterocycles. The number of carbonyl (C=O) groups excluding carboxylic acids is 2. The van der Waals surface area contributed by atoms with E-state index in [0.717, 1.165) is 24.4 Å². The highest BCUT2D eigenvalue weighted by atomic mass is 16.5. The van der Waals surface area contributed by atoms with Gasteiger partial charge >= 0.3 is 0 Å². The molecule has 1 atom stereocenters. The third-order valence-electron chi connectivity index (χ3n) is 4.98. The Bertz CT molecular complexity index is 831. The van der Waals surface area contributed by atoms with Crippen molar-refractivity contribution in [3.05, 3.63) is 59.7 Å². The van der Waals surface area contributed by atoms with Crippen LogP contribution in [0, 0.1) is 0 Å². The van der Waals surface area contributed by atoms with Crippen molar-refractivity contribution in [3.8, 4) is 5.75 Å². The summed E-state index contributed by atoms with van der Waals surface area (Å²) in [5.74, 6) is 0.510. The molecule has 1 heterocycles. The number of nitrogens with zero attached hydrogens (tertiary/aromatic N) is 1. The van der Waals surface area contributed by atoms with E-state index in [9.17, 15) is 9.59 Å². The Morgan fingerprint density at radius 2 is 1.86 bits per heavy atom. The van der Waals surface area contributed by atoms with E-state index in [0.29, 0.717) is 17.8 Å². The molecule has 1 aliphatic heterocycles. The van der Waals surface area contributed by atoms with Crippen LogP contribution in [0.4, 0.5) is 5.69 Å². The second-order valence-electron chi connectivity index (χ2n) is 6.97. The van der Waals surface area contributed by atoms with Crippen LogP contribution >= 0.6 is 0 Å². The molecular weight excluding hydrogens is 354 g/mol. The first kappa shape index (κ1) is 19.9. The lowest BCUT2D eigenvalue weighted by Crippen LogP contribution is -2.37. The fraction of sp³-hybridized carbons (Fsp3) is 0.364. The zero-order valence-electron chi connectivity index (χ0n) is 16.4. The largest absolute Gasteiger partial charge is 0.496 e. The minimum absolute atomic E-state index is 0.0566. The number of anilines is 1. The minimum Gasteiger partial charge on any atom is -0.496 e. The molecule has 148 valence electrons. The van der Waals surface area contributed by atoms with Crippen LogP contribution in [0.5, 0.6) is 5.75 Å². The lowest BCUT2D eigenvalue weighted by molar-refractivity contribution is -0.114. The summed E-state index contributed by atoms with van der Waals surface area (Å²) in [5.41, 5.74) is 2.21. The zero-order valence-corrected chi connectivity index (χ0v) is 16.4. The summed E-state index contributed by atoms with van der Waals surface area (Å²) < 4.78 is 5.55. The van der Waals surface area contributed by atoms with Crippen LogP contribution in [0.25, 0.3) is 0 Å². The first-order valence-corrected chi connectivity index (χ1v) is 9.61. The fourth-order valence-corrected chi connectivity index (χ4v) is 3.66. The van der Waals surface area contributed by atoms with Crippen LogP contribution in [0.15, 0.2) is 48.5 Å². The number of nitrogens with one attached hydrogen (secondary N) is 2. The molecule has 2 amide bonds. The second kappa shape index (κ2) is 9.37. The lowest BCUT2D eigenvalue weighted by atomic mass is 10.0. The third-order valence-corrected chi connectivity index (χ3v) is 4.98. The van der Waals surface area contributed by atoms with Crippen molar-refractivity contribution in [3.63, 3.8) is 0 Å².